The Bertz CT molecular complexity index is 258. The molecule has 0 aliphatic rings. The van der Waals surface area contributed by atoms with Gasteiger partial charge in [-0.25, -0.2) is 9.18 Å². The fraction of sp³-hybridized carbons (Fsp3) is 0.667. The van der Waals surface area contributed by atoms with Crippen molar-refractivity contribution in [3.8, 4) is 0 Å². The molecule has 4 radical (unpaired) electrons. The van der Waals surface area contributed by atoms with Crippen molar-refractivity contribution in [3.05, 3.63) is 13.8 Å². The molecule has 1 unspecified atom stereocenters. The molecule has 17 heavy (non-hydrogen) atoms. The van der Waals surface area contributed by atoms with E-state index in [0.717, 1.165) is 24.6 Å². The van der Waals surface area contributed by atoms with Crippen molar-refractivity contribution in [2.24, 2.45) is 0 Å². The monoisotopic (exact) mass is 306 g/mol. The molecule has 0 saturated heterocycles. The van der Waals surface area contributed by atoms with Crippen LogP contribution in [0.15, 0.2) is 0 Å². The third-order valence-corrected chi connectivity index (χ3v) is 2.89. The molecular formula is C12H16BrFO3. The zero-order valence-corrected chi connectivity index (χ0v) is 11.2. The Labute approximate surface area is 110 Å². The third kappa shape index (κ3) is 5.61. The van der Waals surface area contributed by atoms with Gasteiger partial charge in [0.2, 0.25) is 0 Å². The first-order valence-corrected chi connectivity index (χ1v) is 6.53. The van der Waals surface area contributed by atoms with Crippen LogP contribution in [-0.2, 0) is 14.3 Å². The molecule has 0 bridgehead atoms. The van der Waals surface area contributed by atoms with Gasteiger partial charge in [0, 0.05) is 19.2 Å². The highest BCUT2D eigenvalue weighted by Crippen LogP contribution is 2.23. The number of hydrogen-bond acceptors (Lipinski definition) is 3. The van der Waals surface area contributed by atoms with Crippen LogP contribution in [0.3, 0.4) is 0 Å². The molecule has 5 heteroatoms. The van der Waals surface area contributed by atoms with Crippen LogP contribution >= 0.6 is 15.9 Å². The predicted molar refractivity (Wildman–Crippen MR) is 65.3 cm³/mol. The molecular weight excluding hydrogens is 291 g/mol. The maximum Gasteiger partial charge on any atom is 0.351 e. The van der Waals surface area contributed by atoms with Gasteiger partial charge in [-0.1, -0.05) is 28.8 Å². The van der Waals surface area contributed by atoms with Crippen molar-refractivity contribution >= 4 is 27.7 Å². The molecule has 0 aliphatic carbocycles. The largest absolute Gasteiger partial charge is 0.463 e. The first-order chi connectivity index (χ1) is 7.99. The number of esters is 1. The second kappa shape index (κ2) is 8.61. The molecule has 0 fully saturated rings. The summed E-state index contributed by atoms with van der Waals surface area (Å²) < 4.78 is 18.3. The molecule has 0 rings (SSSR count). The van der Waals surface area contributed by atoms with Crippen LogP contribution in [0.25, 0.3) is 0 Å². The number of alkyl halides is 2. The first-order valence-electron chi connectivity index (χ1n) is 5.41. The number of hydrogen-bond donors (Lipinski definition) is 0. The van der Waals surface area contributed by atoms with E-state index >= 15 is 0 Å². The van der Waals surface area contributed by atoms with Crippen LogP contribution in [0, 0.1) is 13.8 Å². The highest BCUT2D eigenvalue weighted by atomic mass is 79.9. The average molecular weight is 307 g/mol. The molecule has 96 valence electrons. The Morgan fingerprint density at radius 2 is 1.82 bits per heavy atom. The lowest BCUT2D eigenvalue weighted by molar-refractivity contribution is -0.161. The zero-order valence-electron chi connectivity index (χ0n) is 9.59. The summed E-state index contributed by atoms with van der Waals surface area (Å²) in [5.74, 6) is -2.62. The third-order valence-electron chi connectivity index (χ3n) is 2.33. The molecule has 0 aromatic heterocycles. The fourth-order valence-electron chi connectivity index (χ4n) is 1.33. The highest BCUT2D eigenvalue weighted by Gasteiger charge is 2.44. The lowest BCUT2D eigenvalue weighted by Crippen LogP contribution is -2.42. The van der Waals surface area contributed by atoms with Crippen LogP contribution in [0.5, 0.6) is 0 Å². The van der Waals surface area contributed by atoms with E-state index in [2.05, 4.69) is 20.7 Å². The lowest BCUT2D eigenvalue weighted by atomic mass is 9.94. The van der Waals surface area contributed by atoms with Gasteiger partial charge in [-0.15, -0.1) is 0 Å². The molecule has 0 N–H and O–H groups in total. The summed E-state index contributed by atoms with van der Waals surface area (Å²) >= 11 is 3.27. The van der Waals surface area contributed by atoms with Gasteiger partial charge in [0.05, 0.1) is 6.61 Å². The van der Waals surface area contributed by atoms with E-state index in [1.807, 2.05) is 0 Å². The molecule has 0 heterocycles. The van der Waals surface area contributed by atoms with Gasteiger partial charge in [0.15, 0.2) is 5.78 Å². The normalized spacial score (nSPS) is 14.1. The second-order valence-electron chi connectivity index (χ2n) is 3.62. The quantitative estimate of drug-likeness (QED) is 0.285. The van der Waals surface area contributed by atoms with Crippen molar-refractivity contribution < 1.29 is 18.7 Å². The molecule has 0 saturated carbocycles. The number of halogens is 2. The zero-order chi connectivity index (χ0) is 13.3. The van der Waals surface area contributed by atoms with Crippen LogP contribution in [0.4, 0.5) is 4.39 Å². The maximum absolute atomic E-state index is 14.0. The molecule has 0 spiro atoms. The fourth-order valence-corrected chi connectivity index (χ4v) is 1.73. The summed E-state index contributed by atoms with van der Waals surface area (Å²) in [5.41, 5.74) is -2.76. The van der Waals surface area contributed by atoms with E-state index in [0.29, 0.717) is 6.42 Å². The minimum atomic E-state index is -2.76. The first kappa shape index (κ1) is 16.6. The lowest BCUT2D eigenvalue weighted by Gasteiger charge is -2.19. The Morgan fingerprint density at radius 1 is 1.24 bits per heavy atom. The van der Waals surface area contributed by atoms with Gasteiger partial charge in [0.25, 0.3) is 5.67 Å². The summed E-state index contributed by atoms with van der Waals surface area (Å²) in [7, 11) is 0. The van der Waals surface area contributed by atoms with Gasteiger partial charge < -0.3 is 4.74 Å². The van der Waals surface area contributed by atoms with E-state index < -0.39 is 24.0 Å². The van der Waals surface area contributed by atoms with Gasteiger partial charge in [-0.05, 0) is 19.3 Å². The number of rotatable bonds is 9. The minimum Gasteiger partial charge on any atom is -0.463 e. The standard InChI is InChI=1S/C12H16BrFO3/c1-3-17-11(16)12(14,10(2)15)8-6-4-5-7-9-13/h1-2H,3-9H2. The second-order valence-corrected chi connectivity index (χ2v) is 4.41. The van der Waals surface area contributed by atoms with Crippen molar-refractivity contribution in [2.75, 3.05) is 11.9 Å². The van der Waals surface area contributed by atoms with E-state index in [1.165, 1.54) is 0 Å². The Hall–Kier alpha value is -0.450. The van der Waals surface area contributed by atoms with Crippen LogP contribution in [-0.4, -0.2) is 29.4 Å². The minimum absolute atomic E-state index is 0.260. The number of ether oxygens (including phenoxy) is 1. The molecule has 0 aliphatic heterocycles. The SMILES string of the molecule is [CH]COC(=O)C(F)(CCCCCCBr)C([CH])=O. The summed E-state index contributed by atoms with van der Waals surface area (Å²) in [6.07, 6.45) is 2.71. The maximum atomic E-state index is 14.0. The summed E-state index contributed by atoms with van der Waals surface area (Å²) in [5, 5.41) is 0.874. The van der Waals surface area contributed by atoms with Crippen LogP contribution in [0.1, 0.15) is 32.1 Å². The van der Waals surface area contributed by atoms with Gasteiger partial charge in [-0.3, -0.25) is 4.79 Å². The van der Waals surface area contributed by atoms with Crippen molar-refractivity contribution in [2.45, 2.75) is 37.8 Å². The van der Waals surface area contributed by atoms with Gasteiger partial charge in [0.1, 0.15) is 0 Å². The van der Waals surface area contributed by atoms with Crippen LogP contribution < -0.4 is 0 Å². The summed E-state index contributed by atoms with van der Waals surface area (Å²) in [6.45, 7) is 9.36. The average Bonchev–Trinajstić information content (AvgIpc) is 2.28. The Kier molecular flexibility index (Phi) is 8.39. The number of carbonyl (C=O) groups is 2. The number of carbonyl (C=O) groups excluding carboxylic acids is 2. The van der Waals surface area contributed by atoms with E-state index in [4.69, 9.17) is 13.8 Å². The van der Waals surface area contributed by atoms with E-state index in [1.54, 1.807) is 0 Å². The Morgan fingerprint density at radius 3 is 2.29 bits per heavy atom. The summed E-state index contributed by atoms with van der Waals surface area (Å²) in [4.78, 5) is 22.2. The van der Waals surface area contributed by atoms with Gasteiger partial charge in [-0.2, -0.15) is 0 Å². The predicted octanol–water partition coefficient (Wildman–Crippen LogP) is 2.57. The molecule has 0 amide bonds. The highest BCUT2D eigenvalue weighted by molar-refractivity contribution is 9.09. The van der Waals surface area contributed by atoms with Crippen molar-refractivity contribution in [3.63, 3.8) is 0 Å². The Balaban J connectivity index is 4.22. The summed E-state index contributed by atoms with van der Waals surface area (Å²) in [6, 6.07) is 0. The molecule has 1 atom stereocenters. The molecule has 0 aromatic rings. The van der Waals surface area contributed by atoms with Crippen molar-refractivity contribution in [1.29, 1.82) is 0 Å². The van der Waals surface area contributed by atoms with E-state index in [-0.39, 0.29) is 6.42 Å². The van der Waals surface area contributed by atoms with Crippen LogP contribution in [0.2, 0.25) is 0 Å². The topological polar surface area (TPSA) is 43.4 Å². The van der Waals surface area contributed by atoms with Crippen molar-refractivity contribution in [1.82, 2.24) is 0 Å². The van der Waals surface area contributed by atoms with Gasteiger partial charge >= 0.3 is 5.97 Å². The number of Topliss-reactive ketones (excluding diaryl/α,β-unsaturated/α-hetero) is 1. The number of ketones is 1. The molecule has 3 nitrogen and oxygen atoms in total. The van der Waals surface area contributed by atoms with E-state index in [9.17, 15) is 14.0 Å². The molecule has 0 aromatic carbocycles. The number of unbranched alkanes of at least 4 members (excludes halogenated alkanes) is 3. The smallest absolute Gasteiger partial charge is 0.351 e.